The van der Waals surface area contributed by atoms with Crippen molar-refractivity contribution >= 4 is 22.4 Å². The average Bonchev–Trinajstić information content (AvgIpc) is 3.05. The molecular formula is C14H18N2O3S. The molecule has 0 fully saturated rings. The van der Waals surface area contributed by atoms with Crippen molar-refractivity contribution in [2.75, 3.05) is 18.1 Å². The number of hydrogen-bond donors (Lipinski definition) is 0. The number of ether oxygens (including phenoxy) is 1. The number of hydrogen-bond acceptors (Lipinski definition) is 6. The van der Waals surface area contributed by atoms with E-state index in [4.69, 9.17) is 9.15 Å². The topological polar surface area (TPSA) is 55.6 Å². The van der Waals surface area contributed by atoms with Crippen LogP contribution in [-0.4, -0.2) is 24.1 Å². The van der Waals surface area contributed by atoms with Gasteiger partial charge in [0.1, 0.15) is 5.76 Å². The third-order valence-corrected chi connectivity index (χ3v) is 3.86. The molecule has 0 bridgehead atoms. The number of nitrogens with zero attached hydrogens (tertiary/aromatic N) is 2. The molecule has 2 aromatic rings. The van der Waals surface area contributed by atoms with Gasteiger partial charge in [0.25, 0.3) is 0 Å². The lowest BCUT2D eigenvalue weighted by Crippen LogP contribution is -2.21. The Bertz CT molecular complexity index is 563. The van der Waals surface area contributed by atoms with Crippen LogP contribution in [0.5, 0.6) is 0 Å². The normalized spacial score (nSPS) is 10.6. The predicted octanol–water partition coefficient (Wildman–Crippen LogP) is 3.25. The molecule has 108 valence electrons. The van der Waals surface area contributed by atoms with Gasteiger partial charge in [0.15, 0.2) is 10.8 Å². The fourth-order valence-corrected chi connectivity index (χ4v) is 2.77. The number of furan rings is 1. The Kier molecular flexibility index (Phi) is 4.79. The van der Waals surface area contributed by atoms with Gasteiger partial charge in [-0.2, -0.15) is 0 Å². The second-order valence-electron chi connectivity index (χ2n) is 4.22. The minimum Gasteiger partial charge on any atom is -0.467 e. The SMILES string of the molecule is CCOC(=O)c1nc(N(CC)Cc2ccco2)sc1C. The van der Waals surface area contributed by atoms with Crippen molar-refractivity contribution in [1.29, 1.82) is 0 Å². The Morgan fingerprint density at radius 3 is 2.90 bits per heavy atom. The van der Waals surface area contributed by atoms with E-state index in [1.807, 2.05) is 26.0 Å². The van der Waals surface area contributed by atoms with Crippen LogP contribution in [-0.2, 0) is 11.3 Å². The molecule has 0 aliphatic rings. The average molecular weight is 294 g/mol. The molecule has 2 aromatic heterocycles. The highest BCUT2D eigenvalue weighted by molar-refractivity contribution is 7.15. The monoisotopic (exact) mass is 294 g/mol. The van der Waals surface area contributed by atoms with Crippen molar-refractivity contribution in [3.63, 3.8) is 0 Å². The minimum atomic E-state index is -0.360. The van der Waals surface area contributed by atoms with E-state index in [1.54, 1.807) is 13.2 Å². The first-order chi connectivity index (χ1) is 9.65. The van der Waals surface area contributed by atoms with E-state index in [1.165, 1.54) is 11.3 Å². The molecule has 6 heteroatoms. The van der Waals surface area contributed by atoms with Gasteiger partial charge in [-0.25, -0.2) is 9.78 Å². The summed E-state index contributed by atoms with van der Waals surface area (Å²) in [5.41, 5.74) is 0.407. The van der Waals surface area contributed by atoms with Crippen LogP contribution in [0.15, 0.2) is 22.8 Å². The molecule has 0 unspecified atom stereocenters. The highest BCUT2D eigenvalue weighted by Gasteiger charge is 2.19. The zero-order valence-electron chi connectivity index (χ0n) is 11.9. The third kappa shape index (κ3) is 3.19. The summed E-state index contributed by atoms with van der Waals surface area (Å²) in [5, 5.41) is 0.810. The number of aryl methyl sites for hydroxylation is 1. The fraction of sp³-hybridized carbons (Fsp3) is 0.429. The number of carbonyl (C=O) groups excluding carboxylic acids is 1. The summed E-state index contributed by atoms with van der Waals surface area (Å²) in [6.45, 7) is 7.50. The Morgan fingerprint density at radius 2 is 2.30 bits per heavy atom. The lowest BCUT2D eigenvalue weighted by molar-refractivity contribution is 0.0519. The lowest BCUT2D eigenvalue weighted by atomic mass is 10.4. The number of esters is 1. The quantitative estimate of drug-likeness (QED) is 0.765. The van der Waals surface area contributed by atoms with E-state index in [0.717, 1.165) is 22.3 Å². The lowest BCUT2D eigenvalue weighted by Gasteiger charge is -2.17. The van der Waals surface area contributed by atoms with Gasteiger partial charge in [0.2, 0.25) is 0 Å². The fourth-order valence-electron chi connectivity index (χ4n) is 1.81. The molecule has 20 heavy (non-hydrogen) atoms. The minimum absolute atomic E-state index is 0.356. The van der Waals surface area contributed by atoms with Crippen molar-refractivity contribution in [2.45, 2.75) is 27.3 Å². The first kappa shape index (κ1) is 14.6. The summed E-state index contributed by atoms with van der Waals surface area (Å²) in [6, 6.07) is 3.79. The number of thiazole rings is 1. The molecular weight excluding hydrogens is 276 g/mol. The second-order valence-corrected chi connectivity index (χ2v) is 5.40. The van der Waals surface area contributed by atoms with Crippen molar-refractivity contribution in [1.82, 2.24) is 4.98 Å². The van der Waals surface area contributed by atoms with Crippen LogP contribution in [0.2, 0.25) is 0 Å². The van der Waals surface area contributed by atoms with Crippen molar-refractivity contribution in [3.8, 4) is 0 Å². The standard InChI is InChI=1S/C14H18N2O3S/c1-4-16(9-11-7-6-8-19-11)14-15-12(10(3)20-14)13(17)18-5-2/h6-8H,4-5,9H2,1-3H3. The zero-order valence-corrected chi connectivity index (χ0v) is 12.7. The summed E-state index contributed by atoms with van der Waals surface area (Å²) in [5.74, 6) is 0.513. The molecule has 0 spiro atoms. The van der Waals surface area contributed by atoms with E-state index in [2.05, 4.69) is 9.88 Å². The van der Waals surface area contributed by atoms with Crippen LogP contribution >= 0.6 is 11.3 Å². The first-order valence-corrected chi connectivity index (χ1v) is 7.39. The Hall–Kier alpha value is -1.82. The van der Waals surface area contributed by atoms with Crippen LogP contribution in [0.4, 0.5) is 5.13 Å². The molecule has 0 saturated carbocycles. The van der Waals surface area contributed by atoms with Gasteiger partial charge in [-0.05, 0) is 32.9 Å². The van der Waals surface area contributed by atoms with Crippen molar-refractivity contribution in [2.24, 2.45) is 0 Å². The summed E-state index contributed by atoms with van der Waals surface area (Å²) in [6.07, 6.45) is 1.65. The van der Waals surface area contributed by atoms with Gasteiger partial charge in [-0.15, -0.1) is 11.3 Å². The summed E-state index contributed by atoms with van der Waals surface area (Å²) < 4.78 is 10.4. The molecule has 5 nitrogen and oxygen atoms in total. The predicted molar refractivity (Wildman–Crippen MR) is 78.2 cm³/mol. The van der Waals surface area contributed by atoms with E-state index in [0.29, 0.717) is 18.8 Å². The van der Waals surface area contributed by atoms with Crippen LogP contribution in [0.3, 0.4) is 0 Å². The van der Waals surface area contributed by atoms with Gasteiger partial charge in [-0.1, -0.05) is 0 Å². The Morgan fingerprint density at radius 1 is 1.50 bits per heavy atom. The number of aromatic nitrogens is 1. The highest BCUT2D eigenvalue weighted by atomic mass is 32.1. The zero-order chi connectivity index (χ0) is 14.5. The van der Waals surface area contributed by atoms with E-state index in [9.17, 15) is 4.79 Å². The molecule has 0 saturated heterocycles. The van der Waals surface area contributed by atoms with Gasteiger partial charge in [0.05, 0.1) is 19.4 Å². The van der Waals surface area contributed by atoms with Gasteiger partial charge >= 0.3 is 5.97 Å². The molecule has 0 radical (unpaired) electrons. The molecule has 0 aliphatic heterocycles. The Labute approximate surface area is 122 Å². The molecule has 0 aliphatic carbocycles. The molecule has 0 atom stereocenters. The van der Waals surface area contributed by atoms with E-state index < -0.39 is 0 Å². The summed E-state index contributed by atoms with van der Waals surface area (Å²) in [7, 11) is 0. The van der Waals surface area contributed by atoms with Crippen molar-refractivity contribution < 1.29 is 13.9 Å². The largest absolute Gasteiger partial charge is 0.467 e. The van der Waals surface area contributed by atoms with Gasteiger partial charge in [-0.3, -0.25) is 0 Å². The van der Waals surface area contributed by atoms with E-state index >= 15 is 0 Å². The molecule has 2 heterocycles. The highest BCUT2D eigenvalue weighted by Crippen LogP contribution is 2.27. The Balaban J connectivity index is 2.18. The van der Waals surface area contributed by atoms with Crippen LogP contribution < -0.4 is 4.90 Å². The van der Waals surface area contributed by atoms with Gasteiger partial charge < -0.3 is 14.1 Å². The molecule has 2 rings (SSSR count). The molecule has 0 aromatic carbocycles. The molecule has 0 amide bonds. The molecule has 0 N–H and O–H groups in total. The van der Waals surface area contributed by atoms with Crippen LogP contribution in [0, 0.1) is 6.92 Å². The maximum atomic E-state index is 11.8. The second kappa shape index (κ2) is 6.56. The number of anilines is 1. The van der Waals surface area contributed by atoms with Crippen molar-refractivity contribution in [3.05, 3.63) is 34.7 Å². The summed E-state index contributed by atoms with van der Waals surface area (Å²) >= 11 is 1.50. The first-order valence-electron chi connectivity index (χ1n) is 6.57. The number of rotatable bonds is 6. The van der Waals surface area contributed by atoms with E-state index in [-0.39, 0.29) is 5.97 Å². The third-order valence-electron chi connectivity index (χ3n) is 2.83. The number of carbonyl (C=O) groups is 1. The maximum absolute atomic E-state index is 11.8. The maximum Gasteiger partial charge on any atom is 0.358 e. The smallest absolute Gasteiger partial charge is 0.358 e. The van der Waals surface area contributed by atoms with Gasteiger partial charge in [0, 0.05) is 11.4 Å². The van der Waals surface area contributed by atoms with Crippen LogP contribution in [0.25, 0.3) is 0 Å². The van der Waals surface area contributed by atoms with Crippen LogP contribution in [0.1, 0.15) is 35.0 Å². The summed E-state index contributed by atoms with van der Waals surface area (Å²) in [4.78, 5) is 19.1.